The number of halogens is 4. The molecule has 0 bridgehead atoms. The summed E-state index contributed by atoms with van der Waals surface area (Å²) in [7, 11) is 1.08. The summed E-state index contributed by atoms with van der Waals surface area (Å²) in [5, 5.41) is 10.1. The maximum absolute atomic E-state index is 12.0. The highest BCUT2D eigenvalue weighted by atomic mass is 79.9. The fourth-order valence-corrected chi connectivity index (χ4v) is 3.91. The van der Waals surface area contributed by atoms with E-state index in [4.69, 9.17) is 0 Å². The van der Waals surface area contributed by atoms with Gasteiger partial charge in [-0.15, -0.1) is 8.58 Å². The lowest BCUT2D eigenvalue weighted by Crippen LogP contribution is -2.00. The van der Waals surface area contributed by atoms with Crippen molar-refractivity contribution in [3.63, 3.8) is 0 Å². The van der Waals surface area contributed by atoms with Crippen LogP contribution in [0.2, 0.25) is 0 Å². The van der Waals surface area contributed by atoms with Crippen LogP contribution in [0.25, 0.3) is 0 Å². The number of carbonyl (C=O) groups is 1. The fourth-order valence-electron chi connectivity index (χ4n) is 2.85. The quantitative estimate of drug-likeness (QED) is 0.167. The van der Waals surface area contributed by atoms with Crippen molar-refractivity contribution in [2.24, 2.45) is 0 Å². The average molecular weight is 744 g/mol. The van der Waals surface area contributed by atoms with Crippen molar-refractivity contribution < 1.29 is 9.90 Å². The third kappa shape index (κ3) is 10.4. The van der Waals surface area contributed by atoms with E-state index in [0.29, 0.717) is 11.1 Å². The van der Waals surface area contributed by atoms with Crippen molar-refractivity contribution in [2.45, 2.75) is 6.10 Å². The molecule has 0 aliphatic carbocycles. The lowest BCUT2D eigenvalue weighted by Gasteiger charge is -2.11. The van der Waals surface area contributed by atoms with Gasteiger partial charge in [0.1, 0.15) is 6.10 Å². The summed E-state index contributed by atoms with van der Waals surface area (Å²) in [6.07, 6.45) is -0.568. The van der Waals surface area contributed by atoms with Crippen molar-refractivity contribution in [1.29, 1.82) is 0 Å². The van der Waals surface area contributed by atoms with Crippen LogP contribution < -0.4 is 0 Å². The van der Waals surface area contributed by atoms with Crippen molar-refractivity contribution in [1.82, 2.24) is 0 Å². The Kier molecular flexibility index (Phi) is 13.6. The van der Waals surface area contributed by atoms with Gasteiger partial charge in [-0.25, -0.2) is 0 Å². The second-order valence-corrected chi connectivity index (χ2v) is 12.0. The topological polar surface area (TPSA) is 37.3 Å². The molecule has 0 spiro atoms. The molecule has 1 N–H and O–H groups in total. The normalized spacial score (nSPS) is 10.1. The molecule has 0 unspecified atom stereocenters. The Hall–Kier alpha value is -1.14. The number of rotatable bonds is 4. The zero-order chi connectivity index (χ0) is 25.8. The van der Waals surface area contributed by atoms with Gasteiger partial charge in [-0.2, -0.15) is 0 Å². The van der Waals surface area contributed by atoms with E-state index in [1.807, 2.05) is 97.1 Å². The minimum absolute atomic E-state index is 0.0417. The third-order valence-corrected chi connectivity index (χ3v) is 6.70. The number of carbonyl (C=O) groups excluding carboxylic acids is 1. The van der Waals surface area contributed by atoms with E-state index in [0.717, 1.165) is 37.6 Å². The van der Waals surface area contributed by atoms with Gasteiger partial charge in [0.15, 0.2) is 5.78 Å². The number of ketones is 1. The van der Waals surface area contributed by atoms with Crippen molar-refractivity contribution in [3.8, 4) is 0 Å². The monoisotopic (exact) mass is 740 g/mol. The van der Waals surface area contributed by atoms with Gasteiger partial charge >= 0.3 is 0 Å². The predicted octanol–water partition coefficient (Wildman–Crippen LogP) is 9.66. The van der Waals surface area contributed by atoms with Gasteiger partial charge in [0.25, 0.3) is 0 Å². The number of hydrogen-bond acceptors (Lipinski definition) is 2. The summed E-state index contributed by atoms with van der Waals surface area (Å²) in [6, 6.07) is 30.1. The summed E-state index contributed by atoms with van der Waals surface area (Å²) < 4.78 is 3.97. The van der Waals surface area contributed by atoms with Crippen LogP contribution in [0.5, 0.6) is 0 Å². The molecule has 4 aromatic rings. The van der Waals surface area contributed by atoms with E-state index < -0.39 is 6.10 Å². The molecule has 0 amide bonds. The average Bonchev–Trinajstić information content (AvgIpc) is 2.86. The highest BCUT2D eigenvalue weighted by molar-refractivity contribution is 9.11. The van der Waals surface area contributed by atoms with Crippen LogP contribution in [-0.4, -0.2) is 24.2 Å². The first-order chi connectivity index (χ1) is 16.7. The molecule has 0 aromatic heterocycles. The van der Waals surface area contributed by atoms with Crippen molar-refractivity contribution in [2.75, 3.05) is 13.3 Å². The third-order valence-electron chi connectivity index (χ3n) is 4.58. The maximum Gasteiger partial charge on any atom is 0.193 e. The molecule has 35 heavy (non-hydrogen) atoms. The Bertz CT molecular complexity index is 1080. The lowest BCUT2D eigenvalue weighted by molar-refractivity contribution is 0.103. The zero-order valence-electron chi connectivity index (χ0n) is 19.2. The molecular weight excluding hydrogens is 719 g/mol. The molecule has 0 fully saturated rings. The minimum Gasteiger partial charge on any atom is -0.384 e. The molecule has 182 valence electrons. The summed E-state index contributed by atoms with van der Waals surface area (Å²) >= 11 is 13.4. The molecule has 0 aliphatic heterocycles. The van der Waals surface area contributed by atoms with Crippen LogP contribution in [0.4, 0.5) is 0 Å². The standard InChI is InChI=1S/C13H10Br2O.C13H8Br2O.C2H7P/c2*14-11-5-1-9(2-6-11)13(16)10-3-7-12(15)8-4-10;1-3-2/h1-8,13,16H;1-8H;3H,1-2H3. The SMILES string of the molecule is CPC.O=C(c1ccc(Br)cc1)c1ccc(Br)cc1.OC(c1ccc(Br)cc1)c1ccc(Br)cc1. The highest BCUT2D eigenvalue weighted by Gasteiger charge is 2.10. The van der Waals surface area contributed by atoms with E-state index in [9.17, 15) is 9.90 Å². The highest BCUT2D eigenvalue weighted by Crippen LogP contribution is 2.24. The van der Waals surface area contributed by atoms with Crippen LogP contribution in [0.15, 0.2) is 115 Å². The molecule has 0 radical (unpaired) electrons. The van der Waals surface area contributed by atoms with E-state index >= 15 is 0 Å². The van der Waals surface area contributed by atoms with E-state index in [2.05, 4.69) is 77.0 Å². The van der Waals surface area contributed by atoms with E-state index in [-0.39, 0.29) is 5.78 Å². The first-order valence-corrected chi connectivity index (χ1v) is 15.8. The molecule has 0 atom stereocenters. The molecular formula is C28H25Br4O2P. The number of aliphatic hydroxyl groups excluding tert-OH is 1. The Morgan fingerprint density at radius 3 is 1.06 bits per heavy atom. The first-order valence-electron chi connectivity index (χ1n) is 10.6. The first kappa shape index (κ1) is 30.1. The van der Waals surface area contributed by atoms with Gasteiger partial charge in [-0.3, -0.25) is 4.79 Å². The molecule has 0 aliphatic rings. The van der Waals surface area contributed by atoms with Gasteiger partial charge in [0.05, 0.1) is 0 Å². The van der Waals surface area contributed by atoms with Gasteiger partial charge in [0, 0.05) is 29.0 Å². The number of hydrogen-bond donors (Lipinski definition) is 1. The largest absolute Gasteiger partial charge is 0.384 e. The number of benzene rings is 4. The van der Waals surface area contributed by atoms with Crippen molar-refractivity contribution >= 4 is 78.1 Å². The molecule has 4 rings (SSSR count). The summed E-state index contributed by atoms with van der Waals surface area (Å²) in [4.78, 5) is 12.0. The van der Waals surface area contributed by atoms with Gasteiger partial charge in [-0.1, -0.05) is 88.0 Å². The summed E-state index contributed by atoms with van der Waals surface area (Å²) in [5.41, 5.74) is 3.19. The Morgan fingerprint density at radius 2 is 0.800 bits per heavy atom. The van der Waals surface area contributed by atoms with Gasteiger partial charge in [-0.05, 0) is 97.3 Å². The van der Waals surface area contributed by atoms with Crippen LogP contribution in [-0.2, 0) is 0 Å². The Labute approximate surface area is 242 Å². The summed E-state index contributed by atoms with van der Waals surface area (Å²) in [6.45, 7) is 4.31. The smallest absolute Gasteiger partial charge is 0.193 e. The van der Waals surface area contributed by atoms with Crippen LogP contribution >= 0.6 is 72.3 Å². The van der Waals surface area contributed by atoms with Crippen molar-refractivity contribution in [3.05, 3.63) is 137 Å². The molecule has 0 saturated heterocycles. The summed E-state index contributed by atoms with van der Waals surface area (Å²) in [5.74, 6) is 0.0417. The molecule has 0 saturated carbocycles. The van der Waals surface area contributed by atoms with E-state index in [1.54, 1.807) is 0 Å². The molecule has 4 aromatic carbocycles. The maximum atomic E-state index is 12.0. The molecule has 2 nitrogen and oxygen atoms in total. The fraction of sp³-hybridized carbons (Fsp3) is 0.107. The Balaban J connectivity index is 0.000000222. The van der Waals surface area contributed by atoms with Crippen LogP contribution in [0.3, 0.4) is 0 Å². The predicted molar refractivity (Wildman–Crippen MR) is 164 cm³/mol. The Morgan fingerprint density at radius 1 is 0.571 bits per heavy atom. The molecule has 7 heteroatoms. The van der Waals surface area contributed by atoms with Gasteiger partial charge < -0.3 is 5.11 Å². The zero-order valence-corrected chi connectivity index (χ0v) is 26.5. The van der Waals surface area contributed by atoms with Crippen LogP contribution in [0.1, 0.15) is 33.2 Å². The number of aliphatic hydroxyl groups is 1. The lowest BCUT2D eigenvalue weighted by atomic mass is 10.0. The van der Waals surface area contributed by atoms with Gasteiger partial charge in [0.2, 0.25) is 0 Å². The van der Waals surface area contributed by atoms with E-state index in [1.165, 1.54) is 0 Å². The second kappa shape index (κ2) is 15.9. The van der Waals surface area contributed by atoms with Crippen LogP contribution in [0, 0.1) is 0 Å². The molecule has 0 heterocycles. The second-order valence-electron chi connectivity index (χ2n) is 7.35. The minimum atomic E-state index is -0.568.